The van der Waals surface area contributed by atoms with E-state index in [0.717, 1.165) is 37.3 Å². The van der Waals surface area contributed by atoms with Crippen molar-refractivity contribution in [3.8, 4) is 0 Å². The minimum absolute atomic E-state index is 0.0365. The molecule has 1 atom stereocenters. The summed E-state index contributed by atoms with van der Waals surface area (Å²) in [6, 6.07) is 7.78. The number of aromatic amines is 1. The lowest BCUT2D eigenvalue weighted by atomic mass is 9.92. The number of non-ortho nitro benzene ring substituents is 1. The summed E-state index contributed by atoms with van der Waals surface area (Å²) in [5, 5.41) is 21.0. The lowest BCUT2D eigenvalue weighted by Crippen LogP contribution is -2.45. The van der Waals surface area contributed by atoms with Crippen molar-refractivity contribution in [2.45, 2.75) is 38.6 Å². The number of aromatic nitrogens is 2. The Hall–Kier alpha value is -2.74. The summed E-state index contributed by atoms with van der Waals surface area (Å²) < 4.78 is 0. The first kappa shape index (κ1) is 18.1. The molecule has 2 N–H and O–H groups in total. The number of hydrogen-bond donors (Lipinski definition) is 2. The van der Waals surface area contributed by atoms with Gasteiger partial charge >= 0.3 is 0 Å². The zero-order chi connectivity index (χ0) is 18.7. The number of nitro groups is 1. The maximum atomic E-state index is 12.5. The van der Waals surface area contributed by atoms with Crippen LogP contribution in [-0.4, -0.2) is 45.1 Å². The Labute approximate surface area is 151 Å². The van der Waals surface area contributed by atoms with Crippen LogP contribution in [0.3, 0.4) is 0 Å². The molecule has 0 radical (unpaired) electrons. The Morgan fingerprint density at radius 2 is 2.12 bits per heavy atom. The summed E-state index contributed by atoms with van der Waals surface area (Å²) in [6.07, 6.45) is 1.91. The third kappa shape index (κ3) is 4.08. The Morgan fingerprint density at radius 3 is 2.73 bits per heavy atom. The van der Waals surface area contributed by atoms with Crippen LogP contribution in [0, 0.1) is 17.0 Å². The van der Waals surface area contributed by atoms with Gasteiger partial charge in [-0.1, -0.05) is 6.07 Å². The van der Waals surface area contributed by atoms with Gasteiger partial charge in [0, 0.05) is 29.4 Å². The summed E-state index contributed by atoms with van der Waals surface area (Å²) in [7, 11) is 0. The summed E-state index contributed by atoms with van der Waals surface area (Å²) >= 11 is 0. The molecule has 2 heterocycles. The molecule has 1 aliphatic heterocycles. The van der Waals surface area contributed by atoms with E-state index in [4.69, 9.17) is 0 Å². The Kier molecular flexibility index (Phi) is 5.32. The lowest BCUT2D eigenvalue weighted by molar-refractivity contribution is -0.384. The zero-order valence-corrected chi connectivity index (χ0v) is 14.9. The molecule has 8 heteroatoms. The smallest absolute Gasteiger partial charge is 0.271 e. The number of carbonyl (C=O) groups is 1. The first-order valence-corrected chi connectivity index (χ1v) is 8.75. The van der Waals surface area contributed by atoms with Crippen LogP contribution in [-0.2, 0) is 4.79 Å². The third-order valence-electron chi connectivity index (χ3n) is 4.93. The van der Waals surface area contributed by atoms with E-state index < -0.39 is 4.92 Å². The fourth-order valence-electron chi connectivity index (χ4n) is 3.34. The van der Waals surface area contributed by atoms with Gasteiger partial charge in [-0.25, -0.2) is 0 Å². The van der Waals surface area contributed by atoms with Crippen molar-refractivity contribution in [1.82, 2.24) is 15.1 Å². The van der Waals surface area contributed by atoms with E-state index >= 15 is 0 Å². The van der Waals surface area contributed by atoms with Gasteiger partial charge in [-0.15, -0.1) is 0 Å². The van der Waals surface area contributed by atoms with Gasteiger partial charge in [0.05, 0.1) is 16.7 Å². The Bertz CT molecular complexity index is 796. The zero-order valence-electron chi connectivity index (χ0n) is 14.9. The minimum Gasteiger partial charge on any atom is -0.324 e. The van der Waals surface area contributed by atoms with E-state index in [0.29, 0.717) is 11.6 Å². The van der Waals surface area contributed by atoms with Crippen LogP contribution in [0.4, 0.5) is 11.4 Å². The molecule has 0 bridgehead atoms. The molecule has 138 valence electrons. The number of nitrogens with one attached hydrogen (secondary N) is 2. The molecule has 0 saturated carbocycles. The van der Waals surface area contributed by atoms with E-state index in [9.17, 15) is 14.9 Å². The predicted octanol–water partition coefficient (Wildman–Crippen LogP) is 2.83. The molecule has 1 aromatic heterocycles. The summed E-state index contributed by atoms with van der Waals surface area (Å²) in [4.78, 5) is 25.0. The molecule has 0 aliphatic carbocycles. The molecule has 8 nitrogen and oxygen atoms in total. The van der Waals surface area contributed by atoms with Crippen LogP contribution in [0.1, 0.15) is 37.1 Å². The number of piperidine rings is 1. The number of H-pyrrole nitrogens is 1. The normalized spacial score (nSPS) is 17.0. The molecule has 1 amide bonds. The monoisotopic (exact) mass is 357 g/mol. The van der Waals surface area contributed by atoms with Crippen LogP contribution in [0.15, 0.2) is 30.3 Å². The number of nitrogens with zero attached hydrogens (tertiary/aromatic N) is 3. The number of likely N-dealkylation sites (tertiary alicyclic amines) is 1. The fraction of sp³-hybridized carbons (Fsp3) is 0.444. The predicted molar refractivity (Wildman–Crippen MR) is 98.1 cm³/mol. The van der Waals surface area contributed by atoms with Crippen molar-refractivity contribution in [2.75, 3.05) is 18.4 Å². The maximum absolute atomic E-state index is 12.5. The highest BCUT2D eigenvalue weighted by atomic mass is 16.6. The number of rotatable bonds is 5. The maximum Gasteiger partial charge on any atom is 0.271 e. The topological polar surface area (TPSA) is 104 Å². The van der Waals surface area contributed by atoms with Crippen LogP contribution in [0.5, 0.6) is 0 Å². The van der Waals surface area contributed by atoms with Crippen molar-refractivity contribution in [3.05, 3.63) is 51.8 Å². The summed E-state index contributed by atoms with van der Waals surface area (Å²) in [5.41, 5.74) is 2.56. The molecule has 26 heavy (non-hydrogen) atoms. The van der Waals surface area contributed by atoms with E-state index in [-0.39, 0.29) is 17.6 Å². The molecular weight excluding hydrogens is 334 g/mol. The van der Waals surface area contributed by atoms with Crippen molar-refractivity contribution in [3.63, 3.8) is 0 Å². The molecule has 1 aliphatic rings. The molecule has 1 saturated heterocycles. The van der Waals surface area contributed by atoms with E-state index in [1.165, 1.54) is 12.1 Å². The largest absolute Gasteiger partial charge is 0.324 e. The number of nitro benzene ring substituents is 1. The average molecular weight is 357 g/mol. The fourth-order valence-corrected chi connectivity index (χ4v) is 3.34. The van der Waals surface area contributed by atoms with E-state index in [1.807, 2.05) is 13.8 Å². The van der Waals surface area contributed by atoms with Crippen LogP contribution in [0.2, 0.25) is 0 Å². The quantitative estimate of drug-likeness (QED) is 0.632. The van der Waals surface area contributed by atoms with Gasteiger partial charge in [-0.3, -0.25) is 24.9 Å². The number of hydrogen-bond acceptors (Lipinski definition) is 5. The second-order valence-electron chi connectivity index (χ2n) is 6.76. The first-order valence-electron chi connectivity index (χ1n) is 8.75. The van der Waals surface area contributed by atoms with Gasteiger partial charge in [-0.05, 0) is 51.9 Å². The van der Waals surface area contributed by atoms with Gasteiger partial charge in [0.1, 0.15) is 0 Å². The van der Waals surface area contributed by atoms with E-state index in [1.54, 1.807) is 12.1 Å². The molecule has 0 unspecified atom stereocenters. The van der Waals surface area contributed by atoms with Crippen molar-refractivity contribution in [1.29, 1.82) is 0 Å². The van der Waals surface area contributed by atoms with Gasteiger partial charge < -0.3 is 5.32 Å². The number of aryl methyl sites for hydroxylation is 1. The van der Waals surface area contributed by atoms with Crippen LogP contribution >= 0.6 is 0 Å². The van der Waals surface area contributed by atoms with Crippen LogP contribution in [0.25, 0.3) is 0 Å². The number of benzene rings is 1. The highest BCUT2D eigenvalue weighted by molar-refractivity contribution is 5.94. The van der Waals surface area contributed by atoms with Gasteiger partial charge in [-0.2, -0.15) is 5.10 Å². The SMILES string of the molecule is Cc1cc(C2CCN([C@H](C)C(=O)Nc3cccc([N+](=O)[O-])c3)CC2)n[nH]1. The number of anilines is 1. The molecule has 1 aromatic carbocycles. The van der Waals surface area contributed by atoms with Crippen molar-refractivity contribution >= 4 is 17.3 Å². The number of amides is 1. The molecular formula is C18H23N5O3. The van der Waals surface area contributed by atoms with Gasteiger partial charge in [0.2, 0.25) is 5.91 Å². The Balaban J connectivity index is 1.56. The third-order valence-corrected chi connectivity index (χ3v) is 4.93. The highest BCUT2D eigenvalue weighted by Crippen LogP contribution is 2.28. The highest BCUT2D eigenvalue weighted by Gasteiger charge is 2.28. The second-order valence-corrected chi connectivity index (χ2v) is 6.76. The molecule has 2 aromatic rings. The first-order chi connectivity index (χ1) is 12.4. The number of carbonyl (C=O) groups excluding carboxylic acids is 1. The van der Waals surface area contributed by atoms with Gasteiger partial charge in [0.15, 0.2) is 0 Å². The van der Waals surface area contributed by atoms with Gasteiger partial charge in [0.25, 0.3) is 5.69 Å². The standard InChI is InChI=1S/C18H23N5O3/c1-12-10-17(21-20-12)14-6-8-22(9-7-14)13(2)18(24)19-15-4-3-5-16(11-15)23(25)26/h3-5,10-11,13-14H,6-9H2,1-2H3,(H,19,24)(H,20,21)/t13-/m1/s1. The van der Waals surface area contributed by atoms with Crippen molar-refractivity contribution in [2.24, 2.45) is 0 Å². The second kappa shape index (κ2) is 7.65. The molecule has 0 spiro atoms. The average Bonchev–Trinajstić information content (AvgIpc) is 3.08. The molecule has 1 fully saturated rings. The Morgan fingerprint density at radius 1 is 1.38 bits per heavy atom. The summed E-state index contributed by atoms with van der Waals surface area (Å²) in [6.45, 7) is 5.50. The summed E-state index contributed by atoms with van der Waals surface area (Å²) in [5.74, 6) is 0.266. The van der Waals surface area contributed by atoms with Crippen LogP contribution < -0.4 is 5.32 Å². The van der Waals surface area contributed by atoms with Crippen molar-refractivity contribution < 1.29 is 9.72 Å². The minimum atomic E-state index is -0.472. The lowest BCUT2D eigenvalue weighted by Gasteiger charge is -2.34. The molecule has 3 rings (SSSR count). The van der Waals surface area contributed by atoms with E-state index in [2.05, 4.69) is 26.5 Å².